The smallest absolute Gasteiger partial charge is 0.261 e. The predicted molar refractivity (Wildman–Crippen MR) is 69.5 cm³/mol. The molecule has 1 N–H and O–H groups in total. The first kappa shape index (κ1) is 12.1. The molecule has 0 aliphatic rings. The second-order valence-electron chi connectivity index (χ2n) is 4.01. The summed E-state index contributed by atoms with van der Waals surface area (Å²) in [5.74, 6) is 0.701. The average molecular weight is 252 g/mol. The van der Waals surface area contributed by atoms with Crippen molar-refractivity contribution in [2.24, 2.45) is 7.05 Å². The number of benzene rings is 1. The SMILES string of the molecule is CN[C@@H](C)c1nc2cc(Cl)ccc2c(=O)n1C. The van der Waals surface area contributed by atoms with Crippen molar-refractivity contribution in [3.63, 3.8) is 0 Å². The zero-order valence-electron chi connectivity index (χ0n) is 9.99. The largest absolute Gasteiger partial charge is 0.311 e. The molecule has 4 nitrogen and oxygen atoms in total. The highest BCUT2D eigenvalue weighted by molar-refractivity contribution is 6.31. The van der Waals surface area contributed by atoms with Gasteiger partial charge in [0.25, 0.3) is 5.56 Å². The van der Waals surface area contributed by atoms with Crippen LogP contribution in [0.5, 0.6) is 0 Å². The van der Waals surface area contributed by atoms with Gasteiger partial charge in [0.05, 0.1) is 16.9 Å². The molecule has 17 heavy (non-hydrogen) atoms. The maximum absolute atomic E-state index is 12.1. The van der Waals surface area contributed by atoms with Crippen molar-refractivity contribution in [2.75, 3.05) is 7.05 Å². The van der Waals surface area contributed by atoms with E-state index in [1.165, 1.54) is 0 Å². The topological polar surface area (TPSA) is 46.9 Å². The first-order chi connectivity index (χ1) is 8.04. The van der Waals surface area contributed by atoms with Crippen LogP contribution in [0.25, 0.3) is 10.9 Å². The highest BCUT2D eigenvalue weighted by atomic mass is 35.5. The zero-order valence-corrected chi connectivity index (χ0v) is 10.7. The van der Waals surface area contributed by atoms with Gasteiger partial charge in [-0.1, -0.05) is 11.6 Å². The Labute approximate surface area is 104 Å². The Morgan fingerprint density at radius 1 is 1.47 bits per heavy atom. The lowest BCUT2D eigenvalue weighted by Gasteiger charge is -2.14. The number of aromatic nitrogens is 2. The van der Waals surface area contributed by atoms with E-state index in [0.29, 0.717) is 21.7 Å². The molecule has 0 saturated carbocycles. The molecule has 1 atom stereocenters. The van der Waals surface area contributed by atoms with Crippen LogP contribution in [0.15, 0.2) is 23.0 Å². The summed E-state index contributed by atoms with van der Waals surface area (Å²) in [5.41, 5.74) is 0.585. The van der Waals surface area contributed by atoms with E-state index in [0.717, 1.165) is 0 Å². The summed E-state index contributed by atoms with van der Waals surface area (Å²) >= 11 is 5.91. The fraction of sp³-hybridized carbons (Fsp3) is 0.333. The van der Waals surface area contributed by atoms with Crippen molar-refractivity contribution in [2.45, 2.75) is 13.0 Å². The van der Waals surface area contributed by atoms with E-state index < -0.39 is 0 Å². The Hall–Kier alpha value is -1.39. The molecule has 0 unspecified atom stereocenters. The molecule has 0 aliphatic carbocycles. The van der Waals surface area contributed by atoms with Gasteiger partial charge in [-0.15, -0.1) is 0 Å². The van der Waals surface area contributed by atoms with Gasteiger partial charge in [-0.2, -0.15) is 0 Å². The molecule has 1 aromatic heterocycles. The van der Waals surface area contributed by atoms with Crippen LogP contribution in [0.4, 0.5) is 0 Å². The van der Waals surface area contributed by atoms with E-state index in [1.54, 1.807) is 29.8 Å². The Balaban J connectivity index is 2.80. The van der Waals surface area contributed by atoms with E-state index in [9.17, 15) is 4.79 Å². The molecule has 0 bridgehead atoms. The van der Waals surface area contributed by atoms with E-state index in [4.69, 9.17) is 11.6 Å². The summed E-state index contributed by atoms with van der Waals surface area (Å²) < 4.78 is 1.57. The number of fused-ring (bicyclic) bond motifs is 1. The molecular weight excluding hydrogens is 238 g/mol. The van der Waals surface area contributed by atoms with E-state index in [1.807, 2.05) is 14.0 Å². The Bertz CT molecular complexity index is 621. The van der Waals surface area contributed by atoms with Gasteiger partial charge in [0, 0.05) is 12.1 Å². The van der Waals surface area contributed by atoms with Gasteiger partial charge in [-0.3, -0.25) is 9.36 Å². The Morgan fingerprint density at radius 3 is 2.82 bits per heavy atom. The predicted octanol–water partition coefficient (Wildman–Crippen LogP) is 1.87. The fourth-order valence-electron chi connectivity index (χ4n) is 1.78. The van der Waals surface area contributed by atoms with E-state index >= 15 is 0 Å². The van der Waals surface area contributed by atoms with Crippen LogP contribution in [-0.4, -0.2) is 16.6 Å². The molecule has 0 spiro atoms. The summed E-state index contributed by atoms with van der Waals surface area (Å²) in [6.45, 7) is 1.96. The summed E-state index contributed by atoms with van der Waals surface area (Å²) in [6.07, 6.45) is 0. The number of hydrogen-bond donors (Lipinski definition) is 1. The lowest BCUT2D eigenvalue weighted by atomic mass is 10.2. The second-order valence-corrected chi connectivity index (χ2v) is 4.44. The zero-order chi connectivity index (χ0) is 12.6. The number of hydrogen-bond acceptors (Lipinski definition) is 3. The molecule has 0 radical (unpaired) electrons. The minimum Gasteiger partial charge on any atom is -0.311 e. The Kier molecular flexibility index (Phi) is 3.17. The van der Waals surface area contributed by atoms with Crippen molar-refractivity contribution in [3.05, 3.63) is 39.4 Å². The van der Waals surface area contributed by atoms with Crippen molar-refractivity contribution in [3.8, 4) is 0 Å². The normalized spacial score (nSPS) is 12.9. The molecule has 5 heteroatoms. The third-order valence-corrected chi connectivity index (χ3v) is 3.13. The van der Waals surface area contributed by atoms with Crippen LogP contribution in [0, 0.1) is 0 Å². The summed E-state index contributed by atoms with van der Waals surface area (Å²) in [6, 6.07) is 5.13. The third kappa shape index (κ3) is 2.06. The fourth-order valence-corrected chi connectivity index (χ4v) is 1.94. The van der Waals surface area contributed by atoms with Gasteiger partial charge in [-0.25, -0.2) is 4.98 Å². The molecule has 90 valence electrons. The molecule has 2 aromatic rings. The Morgan fingerprint density at radius 2 is 2.18 bits per heavy atom. The summed E-state index contributed by atoms with van der Waals surface area (Å²) in [4.78, 5) is 16.6. The van der Waals surface area contributed by atoms with Gasteiger partial charge in [0.1, 0.15) is 5.82 Å². The number of halogens is 1. The first-order valence-electron chi connectivity index (χ1n) is 5.38. The van der Waals surface area contributed by atoms with Crippen molar-refractivity contribution in [1.82, 2.24) is 14.9 Å². The van der Waals surface area contributed by atoms with Crippen molar-refractivity contribution in [1.29, 1.82) is 0 Å². The standard InChI is InChI=1S/C12H14ClN3O/c1-7(14-2)11-15-10-6-8(13)4-5-9(10)12(17)16(11)3/h4-7,14H,1-3H3/t7-/m0/s1. The molecule has 1 heterocycles. The van der Waals surface area contributed by atoms with Crippen molar-refractivity contribution < 1.29 is 0 Å². The third-order valence-electron chi connectivity index (χ3n) is 2.89. The quantitative estimate of drug-likeness (QED) is 0.886. The van der Waals surface area contributed by atoms with Crippen LogP contribution in [0.1, 0.15) is 18.8 Å². The molecule has 0 amide bonds. The molecule has 0 aliphatic heterocycles. The summed E-state index contributed by atoms with van der Waals surface area (Å²) in [7, 11) is 3.56. The number of nitrogens with zero attached hydrogens (tertiary/aromatic N) is 2. The lowest BCUT2D eigenvalue weighted by Crippen LogP contribution is -2.27. The van der Waals surface area contributed by atoms with Gasteiger partial charge >= 0.3 is 0 Å². The lowest BCUT2D eigenvalue weighted by molar-refractivity contribution is 0.570. The molecule has 0 saturated heterocycles. The summed E-state index contributed by atoms with van der Waals surface area (Å²) in [5, 5.41) is 4.24. The second kappa shape index (κ2) is 4.47. The van der Waals surface area contributed by atoms with Crippen molar-refractivity contribution >= 4 is 22.5 Å². The van der Waals surface area contributed by atoms with Crippen LogP contribution in [0.3, 0.4) is 0 Å². The first-order valence-corrected chi connectivity index (χ1v) is 5.76. The molecule has 2 rings (SSSR count). The maximum atomic E-state index is 12.1. The average Bonchev–Trinajstić information content (AvgIpc) is 2.32. The van der Waals surface area contributed by atoms with Crippen LogP contribution in [0.2, 0.25) is 5.02 Å². The molecule has 0 fully saturated rings. The van der Waals surface area contributed by atoms with Crippen LogP contribution in [-0.2, 0) is 7.05 Å². The van der Waals surface area contributed by atoms with Gasteiger partial charge < -0.3 is 5.32 Å². The van der Waals surface area contributed by atoms with Gasteiger partial charge in [0.2, 0.25) is 0 Å². The number of rotatable bonds is 2. The highest BCUT2D eigenvalue weighted by Crippen LogP contribution is 2.17. The minimum atomic E-state index is -0.0521. The van der Waals surface area contributed by atoms with Crippen LogP contribution >= 0.6 is 11.6 Å². The minimum absolute atomic E-state index is 0.0103. The number of nitrogens with one attached hydrogen (secondary N) is 1. The van der Waals surface area contributed by atoms with Gasteiger partial charge in [0.15, 0.2) is 0 Å². The maximum Gasteiger partial charge on any atom is 0.261 e. The monoisotopic (exact) mass is 251 g/mol. The molecular formula is C12H14ClN3O. The van der Waals surface area contributed by atoms with Gasteiger partial charge in [-0.05, 0) is 32.2 Å². The molecule has 1 aromatic carbocycles. The van der Waals surface area contributed by atoms with E-state index in [-0.39, 0.29) is 11.6 Å². The highest BCUT2D eigenvalue weighted by Gasteiger charge is 2.12. The van der Waals surface area contributed by atoms with E-state index in [2.05, 4.69) is 10.3 Å². The van der Waals surface area contributed by atoms with Crippen LogP contribution < -0.4 is 10.9 Å².